The Morgan fingerprint density at radius 3 is 2.55 bits per heavy atom. The molecule has 0 fully saturated rings. The van der Waals surface area contributed by atoms with Gasteiger partial charge in [0.05, 0.1) is 6.26 Å². The molecule has 2 aromatic rings. The van der Waals surface area contributed by atoms with Crippen LogP contribution >= 0.6 is 0 Å². The Balaban J connectivity index is 2.38. The first kappa shape index (κ1) is 14.3. The van der Waals surface area contributed by atoms with E-state index in [1.54, 1.807) is 6.26 Å². The summed E-state index contributed by atoms with van der Waals surface area (Å²) in [5.41, 5.74) is 0. The Morgan fingerprint density at radius 2 is 1.95 bits per heavy atom. The quantitative estimate of drug-likeness (QED) is 0.838. The van der Waals surface area contributed by atoms with E-state index in [2.05, 4.69) is 45.9 Å². The zero-order valence-electron chi connectivity index (χ0n) is 12.3. The van der Waals surface area contributed by atoms with Crippen LogP contribution in [0.4, 0.5) is 11.9 Å². The second-order valence-corrected chi connectivity index (χ2v) is 4.36. The van der Waals surface area contributed by atoms with Crippen LogP contribution in [0.2, 0.25) is 0 Å². The van der Waals surface area contributed by atoms with Gasteiger partial charge < -0.3 is 14.6 Å². The third kappa shape index (κ3) is 3.26. The molecule has 0 atom stereocenters. The van der Waals surface area contributed by atoms with Crippen molar-refractivity contribution in [3.05, 3.63) is 18.4 Å². The Bertz CT molecular complexity index is 522. The van der Waals surface area contributed by atoms with E-state index < -0.39 is 0 Å². The number of furan rings is 1. The van der Waals surface area contributed by atoms with E-state index in [1.807, 2.05) is 12.1 Å². The first-order valence-electron chi connectivity index (χ1n) is 7.07. The van der Waals surface area contributed by atoms with E-state index in [-0.39, 0.29) is 0 Å². The third-order valence-corrected chi connectivity index (χ3v) is 2.94. The van der Waals surface area contributed by atoms with Gasteiger partial charge in [-0.15, -0.1) is 0 Å². The number of hydrogen-bond acceptors (Lipinski definition) is 6. The molecule has 0 saturated carbocycles. The van der Waals surface area contributed by atoms with Gasteiger partial charge in [-0.2, -0.15) is 15.0 Å². The maximum atomic E-state index is 5.38. The van der Waals surface area contributed by atoms with E-state index in [1.165, 1.54) is 0 Å². The van der Waals surface area contributed by atoms with Gasteiger partial charge in [0.1, 0.15) is 0 Å². The van der Waals surface area contributed by atoms with Crippen molar-refractivity contribution in [1.29, 1.82) is 0 Å². The van der Waals surface area contributed by atoms with Crippen molar-refractivity contribution >= 4 is 11.9 Å². The highest BCUT2D eigenvalue weighted by molar-refractivity contribution is 5.52. The van der Waals surface area contributed by atoms with E-state index in [0.29, 0.717) is 23.5 Å². The van der Waals surface area contributed by atoms with Crippen LogP contribution in [0.3, 0.4) is 0 Å². The molecule has 0 radical (unpaired) electrons. The number of rotatable bonds is 7. The molecule has 2 heterocycles. The fourth-order valence-corrected chi connectivity index (χ4v) is 1.84. The standard InChI is InChI=1S/C14H21N5O/c1-4-9-15-13-16-12(11-8-7-10-20-11)17-14(18-13)19(5-2)6-3/h7-8,10H,4-6,9H2,1-3H3,(H,15,16,17,18). The highest BCUT2D eigenvalue weighted by Crippen LogP contribution is 2.19. The van der Waals surface area contributed by atoms with Crippen molar-refractivity contribution < 1.29 is 4.42 Å². The molecule has 0 unspecified atom stereocenters. The van der Waals surface area contributed by atoms with Gasteiger partial charge in [-0.1, -0.05) is 6.92 Å². The predicted molar refractivity (Wildman–Crippen MR) is 79.9 cm³/mol. The van der Waals surface area contributed by atoms with Gasteiger partial charge in [0.2, 0.25) is 17.7 Å². The number of aromatic nitrogens is 3. The van der Waals surface area contributed by atoms with E-state index >= 15 is 0 Å². The first-order chi connectivity index (χ1) is 9.78. The first-order valence-corrected chi connectivity index (χ1v) is 7.07. The largest absolute Gasteiger partial charge is 0.461 e. The maximum Gasteiger partial charge on any atom is 0.230 e. The van der Waals surface area contributed by atoms with E-state index in [0.717, 1.165) is 26.1 Å². The minimum absolute atomic E-state index is 0.561. The minimum Gasteiger partial charge on any atom is -0.461 e. The normalized spacial score (nSPS) is 10.6. The smallest absolute Gasteiger partial charge is 0.230 e. The molecule has 0 spiro atoms. The molecular weight excluding hydrogens is 254 g/mol. The van der Waals surface area contributed by atoms with Gasteiger partial charge >= 0.3 is 0 Å². The SMILES string of the molecule is CCCNc1nc(-c2ccco2)nc(N(CC)CC)n1. The zero-order valence-corrected chi connectivity index (χ0v) is 12.3. The summed E-state index contributed by atoms with van der Waals surface area (Å²) in [6.45, 7) is 8.81. The predicted octanol–water partition coefficient (Wildman–Crippen LogP) is 2.80. The Hall–Kier alpha value is -2.11. The van der Waals surface area contributed by atoms with Gasteiger partial charge in [0.25, 0.3) is 0 Å². The summed E-state index contributed by atoms with van der Waals surface area (Å²) in [5, 5.41) is 3.21. The average molecular weight is 275 g/mol. The van der Waals surface area contributed by atoms with Crippen LogP contribution in [0.1, 0.15) is 27.2 Å². The summed E-state index contributed by atoms with van der Waals surface area (Å²) >= 11 is 0. The van der Waals surface area contributed by atoms with Crippen molar-refractivity contribution in [2.45, 2.75) is 27.2 Å². The van der Waals surface area contributed by atoms with Crippen LogP contribution in [0.5, 0.6) is 0 Å². The van der Waals surface area contributed by atoms with Gasteiger partial charge in [-0.05, 0) is 32.4 Å². The molecule has 0 aliphatic rings. The second kappa shape index (κ2) is 6.88. The molecule has 6 nitrogen and oxygen atoms in total. The van der Waals surface area contributed by atoms with Crippen LogP contribution in [-0.4, -0.2) is 34.6 Å². The molecule has 0 saturated heterocycles. The van der Waals surface area contributed by atoms with Gasteiger partial charge in [0.15, 0.2) is 5.76 Å². The maximum absolute atomic E-state index is 5.38. The lowest BCUT2D eigenvalue weighted by atomic mass is 10.4. The zero-order chi connectivity index (χ0) is 14.4. The summed E-state index contributed by atoms with van der Waals surface area (Å²) in [6.07, 6.45) is 2.64. The second-order valence-electron chi connectivity index (χ2n) is 4.36. The van der Waals surface area contributed by atoms with Crippen LogP contribution < -0.4 is 10.2 Å². The Kier molecular flexibility index (Phi) is 4.92. The molecule has 108 valence electrons. The molecular formula is C14H21N5O. The summed E-state index contributed by atoms with van der Waals surface area (Å²) in [7, 11) is 0. The highest BCUT2D eigenvalue weighted by Gasteiger charge is 2.13. The van der Waals surface area contributed by atoms with Gasteiger partial charge in [-0.25, -0.2) is 0 Å². The van der Waals surface area contributed by atoms with Crippen molar-refractivity contribution in [3.63, 3.8) is 0 Å². The number of nitrogens with one attached hydrogen (secondary N) is 1. The number of nitrogens with zero attached hydrogens (tertiary/aromatic N) is 4. The molecule has 20 heavy (non-hydrogen) atoms. The lowest BCUT2D eigenvalue weighted by Gasteiger charge is -2.19. The molecule has 0 aliphatic carbocycles. The van der Waals surface area contributed by atoms with Crippen molar-refractivity contribution in [2.24, 2.45) is 0 Å². The van der Waals surface area contributed by atoms with Crippen molar-refractivity contribution in [1.82, 2.24) is 15.0 Å². The van der Waals surface area contributed by atoms with Crippen molar-refractivity contribution in [2.75, 3.05) is 29.9 Å². The average Bonchev–Trinajstić information content (AvgIpc) is 3.00. The third-order valence-electron chi connectivity index (χ3n) is 2.94. The van der Waals surface area contributed by atoms with Crippen LogP contribution in [0, 0.1) is 0 Å². The lowest BCUT2D eigenvalue weighted by Crippen LogP contribution is -2.25. The summed E-state index contributed by atoms with van der Waals surface area (Å²) in [4.78, 5) is 15.5. The summed E-state index contributed by atoms with van der Waals surface area (Å²) in [5.74, 6) is 2.48. The number of hydrogen-bond donors (Lipinski definition) is 1. The molecule has 6 heteroatoms. The Labute approximate surface area is 119 Å². The summed E-state index contributed by atoms with van der Waals surface area (Å²) < 4.78 is 5.38. The monoisotopic (exact) mass is 275 g/mol. The van der Waals surface area contributed by atoms with Gasteiger partial charge in [0, 0.05) is 19.6 Å². The van der Waals surface area contributed by atoms with E-state index in [9.17, 15) is 0 Å². The molecule has 0 amide bonds. The topological polar surface area (TPSA) is 67.1 Å². The summed E-state index contributed by atoms with van der Waals surface area (Å²) in [6, 6.07) is 3.68. The molecule has 0 bridgehead atoms. The fraction of sp³-hybridized carbons (Fsp3) is 0.500. The highest BCUT2D eigenvalue weighted by atomic mass is 16.3. The fourth-order valence-electron chi connectivity index (χ4n) is 1.84. The lowest BCUT2D eigenvalue weighted by molar-refractivity contribution is 0.576. The Morgan fingerprint density at radius 1 is 1.15 bits per heavy atom. The van der Waals surface area contributed by atoms with Crippen LogP contribution in [0.25, 0.3) is 11.6 Å². The van der Waals surface area contributed by atoms with Crippen LogP contribution in [0.15, 0.2) is 22.8 Å². The molecule has 0 aromatic carbocycles. The number of anilines is 2. The molecule has 2 rings (SSSR count). The molecule has 0 aliphatic heterocycles. The minimum atomic E-state index is 0.561. The molecule has 1 N–H and O–H groups in total. The van der Waals surface area contributed by atoms with Gasteiger partial charge in [-0.3, -0.25) is 0 Å². The van der Waals surface area contributed by atoms with Crippen molar-refractivity contribution in [3.8, 4) is 11.6 Å². The molecule has 2 aromatic heterocycles. The van der Waals surface area contributed by atoms with E-state index in [4.69, 9.17) is 4.42 Å². The van der Waals surface area contributed by atoms with Crippen LogP contribution in [-0.2, 0) is 0 Å².